The lowest BCUT2D eigenvalue weighted by Crippen LogP contribution is -2.65. The predicted octanol–water partition coefficient (Wildman–Crippen LogP) is 2.67. The van der Waals surface area contributed by atoms with Gasteiger partial charge >= 0.3 is 0 Å². The zero-order valence-electron chi connectivity index (χ0n) is 21.0. The maximum absolute atomic E-state index is 13.0. The minimum atomic E-state index is -0.00820. The number of ether oxygens (including phenoxy) is 1. The van der Waals surface area contributed by atoms with E-state index in [0.29, 0.717) is 17.9 Å². The quantitative estimate of drug-likeness (QED) is 0.668. The molecule has 4 rings (SSSR count). The fraction of sp³-hybridized carbons (Fsp3) is 0.960. The van der Waals surface area contributed by atoms with E-state index in [4.69, 9.17) is 4.74 Å². The maximum atomic E-state index is 13.0. The molecule has 0 atom stereocenters. The SMILES string of the molecule is CC(C)(C)N1CC2(CCN(C(=O)CN3CCC4(CC3)CN(C(C)(C)C)CCO4)CC2)C1. The first-order valence-corrected chi connectivity index (χ1v) is 12.5. The number of carbonyl (C=O) groups excluding carboxylic acids is 1. The zero-order chi connectivity index (χ0) is 22.5. The summed E-state index contributed by atoms with van der Waals surface area (Å²) >= 11 is 0. The second kappa shape index (κ2) is 8.27. The fourth-order valence-corrected chi connectivity index (χ4v) is 5.91. The van der Waals surface area contributed by atoms with E-state index in [-0.39, 0.29) is 16.7 Å². The van der Waals surface area contributed by atoms with Gasteiger partial charge in [0, 0.05) is 63.4 Å². The van der Waals surface area contributed by atoms with E-state index in [1.165, 1.54) is 25.9 Å². The summed E-state index contributed by atoms with van der Waals surface area (Å²) in [6, 6.07) is 0. The Labute approximate surface area is 190 Å². The fourth-order valence-electron chi connectivity index (χ4n) is 5.91. The minimum Gasteiger partial charge on any atom is -0.372 e. The van der Waals surface area contributed by atoms with Gasteiger partial charge in [-0.25, -0.2) is 0 Å². The topological polar surface area (TPSA) is 39.3 Å². The number of morpholine rings is 1. The summed E-state index contributed by atoms with van der Waals surface area (Å²) in [7, 11) is 0. The molecule has 4 fully saturated rings. The average molecular weight is 435 g/mol. The third-order valence-electron chi connectivity index (χ3n) is 8.50. The molecule has 31 heavy (non-hydrogen) atoms. The van der Waals surface area contributed by atoms with Gasteiger partial charge < -0.3 is 9.64 Å². The van der Waals surface area contributed by atoms with Crippen molar-refractivity contribution in [2.75, 3.05) is 65.5 Å². The van der Waals surface area contributed by atoms with Crippen LogP contribution in [0.1, 0.15) is 67.2 Å². The molecule has 4 aliphatic rings. The van der Waals surface area contributed by atoms with E-state index < -0.39 is 0 Å². The van der Waals surface area contributed by atoms with Gasteiger partial charge in [0.1, 0.15) is 0 Å². The molecule has 1 amide bonds. The van der Waals surface area contributed by atoms with Crippen LogP contribution in [0.2, 0.25) is 0 Å². The van der Waals surface area contributed by atoms with E-state index >= 15 is 0 Å². The zero-order valence-corrected chi connectivity index (χ0v) is 21.0. The number of amides is 1. The van der Waals surface area contributed by atoms with Crippen LogP contribution in [0.15, 0.2) is 0 Å². The Morgan fingerprint density at radius 1 is 0.774 bits per heavy atom. The van der Waals surface area contributed by atoms with Crippen LogP contribution in [0.3, 0.4) is 0 Å². The van der Waals surface area contributed by atoms with Gasteiger partial charge in [-0.3, -0.25) is 19.5 Å². The maximum Gasteiger partial charge on any atom is 0.236 e. The number of carbonyl (C=O) groups is 1. The summed E-state index contributed by atoms with van der Waals surface area (Å²) in [6.45, 7) is 23.5. The smallest absolute Gasteiger partial charge is 0.236 e. The van der Waals surface area contributed by atoms with Crippen LogP contribution in [0.5, 0.6) is 0 Å². The molecule has 0 N–H and O–H groups in total. The molecule has 6 heteroatoms. The van der Waals surface area contributed by atoms with Crippen LogP contribution >= 0.6 is 0 Å². The molecule has 0 bridgehead atoms. The van der Waals surface area contributed by atoms with Gasteiger partial charge in [-0.15, -0.1) is 0 Å². The van der Waals surface area contributed by atoms with Crippen molar-refractivity contribution in [3.8, 4) is 0 Å². The molecular formula is C25H46N4O2. The van der Waals surface area contributed by atoms with E-state index in [0.717, 1.165) is 58.7 Å². The van der Waals surface area contributed by atoms with Gasteiger partial charge in [0.25, 0.3) is 0 Å². The van der Waals surface area contributed by atoms with Gasteiger partial charge in [0.15, 0.2) is 0 Å². The first-order valence-electron chi connectivity index (χ1n) is 12.5. The first-order chi connectivity index (χ1) is 14.4. The summed E-state index contributed by atoms with van der Waals surface area (Å²) in [5, 5.41) is 0. The molecule has 0 aliphatic carbocycles. The molecule has 0 unspecified atom stereocenters. The summed E-state index contributed by atoms with van der Waals surface area (Å²) in [4.78, 5) is 22.6. The standard InChI is InChI=1S/C25H46N4O2/c1-22(2,3)28-15-16-31-25(20-28)9-11-26(12-10-25)17-21(30)27-13-7-24(8-14-27)18-29(19-24)23(4,5)6/h7-20H2,1-6H3. The average Bonchev–Trinajstić information content (AvgIpc) is 2.67. The molecule has 0 aromatic carbocycles. The van der Waals surface area contributed by atoms with Crippen LogP contribution in [-0.4, -0.2) is 108 Å². The second-order valence-electron chi connectivity index (χ2n) is 12.8. The Balaban J connectivity index is 1.21. The molecule has 0 aromatic rings. The molecule has 6 nitrogen and oxygen atoms in total. The first kappa shape index (κ1) is 23.5. The highest BCUT2D eigenvalue weighted by Crippen LogP contribution is 2.43. The highest BCUT2D eigenvalue weighted by atomic mass is 16.5. The van der Waals surface area contributed by atoms with Crippen LogP contribution < -0.4 is 0 Å². The molecule has 4 heterocycles. The van der Waals surface area contributed by atoms with Crippen molar-refractivity contribution in [1.82, 2.24) is 19.6 Å². The number of hydrogen-bond acceptors (Lipinski definition) is 5. The van der Waals surface area contributed by atoms with Crippen molar-refractivity contribution in [2.45, 2.75) is 83.9 Å². The number of hydrogen-bond donors (Lipinski definition) is 0. The predicted molar refractivity (Wildman–Crippen MR) is 125 cm³/mol. The van der Waals surface area contributed by atoms with Gasteiger partial charge in [-0.1, -0.05) is 0 Å². The van der Waals surface area contributed by atoms with Gasteiger partial charge in [0.05, 0.1) is 18.8 Å². The number of rotatable bonds is 2. The Bertz CT molecular complexity index is 641. The highest BCUT2D eigenvalue weighted by Gasteiger charge is 2.48. The van der Waals surface area contributed by atoms with Crippen LogP contribution in [0, 0.1) is 5.41 Å². The number of piperidine rings is 2. The molecule has 2 spiro atoms. The second-order valence-corrected chi connectivity index (χ2v) is 12.8. The molecule has 4 saturated heterocycles. The van der Waals surface area contributed by atoms with E-state index in [1.807, 2.05) is 0 Å². The van der Waals surface area contributed by atoms with Gasteiger partial charge in [0.2, 0.25) is 5.91 Å². The lowest BCUT2D eigenvalue weighted by atomic mass is 9.70. The van der Waals surface area contributed by atoms with Crippen molar-refractivity contribution in [3.05, 3.63) is 0 Å². The minimum absolute atomic E-state index is 0.00820. The molecule has 0 aromatic heterocycles. The number of likely N-dealkylation sites (tertiary alicyclic amines) is 3. The summed E-state index contributed by atoms with van der Waals surface area (Å²) in [5.74, 6) is 0.332. The van der Waals surface area contributed by atoms with Crippen molar-refractivity contribution >= 4 is 5.91 Å². The highest BCUT2D eigenvalue weighted by molar-refractivity contribution is 5.78. The van der Waals surface area contributed by atoms with Crippen molar-refractivity contribution in [3.63, 3.8) is 0 Å². The molecular weight excluding hydrogens is 388 g/mol. The van der Waals surface area contributed by atoms with Crippen molar-refractivity contribution in [2.24, 2.45) is 5.41 Å². The Morgan fingerprint density at radius 3 is 1.90 bits per heavy atom. The largest absolute Gasteiger partial charge is 0.372 e. The lowest BCUT2D eigenvalue weighted by molar-refractivity contribution is -0.155. The molecule has 0 radical (unpaired) electrons. The van der Waals surface area contributed by atoms with E-state index in [1.54, 1.807) is 0 Å². The number of nitrogens with zero attached hydrogens (tertiary/aromatic N) is 4. The third kappa shape index (κ3) is 5.13. The summed E-state index contributed by atoms with van der Waals surface area (Å²) in [5.41, 5.74) is 0.931. The van der Waals surface area contributed by atoms with Gasteiger partial charge in [-0.05, 0) is 72.6 Å². The molecule has 4 aliphatic heterocycles. The van der Waals surface area contributed by atoms with Crippen molar-refractivity contribution in [1.29, 1.82) is 0 Å². The normalized spacial score (nSPS) is 28.1. The lowest BCUT2D eigenvalue weighted by Gasteiger charge is -2.58. The van der Waals surface area contributed by atoms with Crippen molar-refractivity contribution < 1.29 is 9.53 Å². The third-order valence-corrected chi connectivity index (χ3v) is 8.50. The Kier molecular flexibility index (Phi) is 6.26. The molecule has 0 saturated carbocycles. The molecule has 178 valence electrons. The van der Waals surface area contributed by atoms with Crippen LogP contribution in [0.25, 0.3) is 0 Å². The summed E-state index contributed by atoms with van der Waals surface area (Å²) in [6.07, 6.45) is 4.42. The van der Waals surface area contributed by atoms with Crippen LogP contribution in [0.4, 0.5) is 0 Å². The Hall–Kier alpha value is -0.690. The van der Waals surface area contributed by atoms with Crippen LogP contribution in [-0.2, 0) is 9.53 Å². The summed E-state index contributed by atoms with van der Waals surface area (Å²) < 4.78 is 6.31. The van der Waals surface area contributed by atoms with Gasteiger partial charge in [-0.2, -0.15) is 0 Å². The Morgan fingerprint density at radius 2 is 1.35 bits per heavy atom. The van der Waals surface area contributed by atoms with E-state index in [9.17, 15) is 4.79 Å². The monoisotopic (exact) mass is 434 g/mol. The van der Waals surface area contributed by atoms with E-state index in [2.05, 4.69) is 61.1 Å².